The van der Waals surface area contributed by atoms with E-state index < -0.39 is 5.97 Å². The highest BCUT2D eigenvalue weighted by atomic mass is 35.5. The topological polar surface area (TPSA) is 43.4 Å². The minimum atomic E-state index is -0.439. The molecule has 0 unspecified atom stereocenters. The molecule has 0 fully saturated rings. The average molecular weight is 275 g/mol. The number of carbonyl (C=O) groups excluding carboxylic acids is 2. The molecule has 0 spiro atoms. The second kappa shape index (κ2) is 6.62. The van der Waals surface area contributed by atoms with Gasteiger partial charge in [0, 0.05) is 12.3 Å². The molecule has 0 N–H and O–H groups in total. The molecule has 5 heteroatoms. The van der Waals surface area contributed by atoms with Crippen LogP contribution < -0.4 is 0 Å². The van der Waals surface area contributed by atoms with Crippen LogP contribution in [0.3, 0.4) is 0 Å². The van der Waals surface area contributed by atoms with Crippen LogP contribution in [0.2, 0.25) is 0 Å². The first-order chi connectivity index (χ1) is 8.12. The van der Waals surface area contributed by atoms with E-state index in [2.05, 4.69) is 4.74 Å². The Morgan fingerprint density at radius 3 is 2.47 bits per heavy atom. The molecule has 17 heavy (non-hydrogen) atoms. The van der Waals surface area contributed by atoms with Crippen LogP contribution in [0.4, 0.5) is 0 Å². The van der Waals surface area contributed by atoms with Gasteiger partial charge in [-0.1, -0.05) is 6.07 Å². The molecular weight excluding hydrogens is 263 g/mol. The van der Waals surface area contributed by atoms with E-state index >= 15 is 0 Å². The number of rotatable bonds is 5. The Morgan fingerprint density at radius 2 is 1.94 bits per heavy atom. The maximum absolute atomic E-state index is 11.4. The van der Waals surface area contributed by atoms with Crippen LogP contribution in [0.15, 0.2) is 18.2 Å². The maximum Gasteiger partial charge on any atom is 0.337 e. The normalized spacial score (nSPS) is 10.1. The fourth-order valence-corrected chi connectivity index (χ4v) is 1.78. The lowest BCUT2D eigenvalue weighted by Gasteiger charge is -2.08. The first-order valence-corrected chi connectivity index (χ1v) is 6.03. The number of hydrogen-bond donors (Lipinski definition) is 0. The van der Waals surface area contributed by atoms with Gasteiger partial charge in [0.1, 0.15) is 0 Å². The summed E-state index contributed by atoms with van der Waals surface area (Å²) in [5, 5.41) is 0. The van der Waals surface area contributed by atoms with Gasteiger partial charge < -0.3 is 4.74 Å². The van der Waals surface area contributed by atoms with Crippen LogP contribution in [0.1, 0.15) is 21.5 Å². The molecule has 0 atom stereocenters. The van der Waals surface area contributed by atoms with Gasteiger partial charge in [-0.15, -0.1) is 23.2 Å². The molecule has 0 amide bonds. The van der Waals surface area contributed by atoms with E-state index in [9.17, 15) is 9.59 Å². The van der Waals surface area contributed by atoms with Gasteiger partial charge in [0.05, 0.1) is 18.6 Å². The van der Waals surface area contributed by atoms with Crippen LogP contribution in [-0.2, 0) is 21.8 Å². The van der Waals surface area contributed by atoms with Crippen LogP contribution in [0, 0.1) is 0 Å². The predicted octanol–water partition coefficient (Wildman–Crippen LogP) is 2.56. The molecule has 0 aliphatic rings. The van der Waals surface area contributed by atoms with Crippen molar-refractivity contribution >= 4 is 35.0 Å². The zero-order valence-electron chi connectivity index (χ0n) is 9.33. The third-order valence-electron chi connectivity index (χ3n) is 2.31. The van der Waals surface area contributed by atoms with Crippen molar-refractivity contribution in [2.24, 2.45) is 0 Å². The second-order valence-corrected chi connectivity index (χ2v) is 3.99. The van der Waals surface area contributed by atoms with Gasteiger partial charge in [-0.3, -0.25) is 4.79 Å². The van der Waals surface area contributed by atoms with Gasteiger partial charge >= 0.3 is 5.97 Å². The summed E-state index contributed by atoms with van der Waals surface area (Å²) >= 11 is 11.2. The number of alkyl halides is 2. The predicted molar refractivity (Wildman–Crippen MR) is 66.8 cm³/mol. The lowest BCUT2D eigenvalue weighted by molar-refractivity contribution is -0.116. The van der Waals surface area contributed by atoms with Crippen molar-refractivity contribution in [1.82, 2.24) is 0 Å². The fraction of sp³-hybridized carbons (Fsp3) is 0.333. The summed E-state index contributed by atoms with van der Waals surface area (Å²) in [7, 11) is 1.31. The summed E-state index contributed by atoms with van der Waals surface area (Å²) in [4.78, 5) is 22.7. The third kappa shape index (κ3) is 3.72. The van der Waals surface area contributed by atoms with Crippen molar-refractivity contribution in [2.75, 3.05) is 13.0 Å². The van der Waals surface area contributed by atoms with E-state index in [1.165, 1.54) is 7.11 Å². The molecule has 0 radical (unpaired) electrons. The van der Waals surface area contributed by atoms with Crippen LogP contribution in [0.25, 0.3) is 0 Å². The van der Waals surface area contributed by atoms with Crippen molar-refractivity contribution in [1.29, 1.82) is 0 Å². The minimum absolute atomic E-state index is 0.0514. The fourth-order valence-electron chi connectivity index (χ4n) is 1.43. The monoisotopic (exact) mass is 274 g/mol. The highest BCUT2D eigenvalue weighted by Crippen LogP contribution is 2.16. The van der Waals surface area contributed by atoms with Crippen LogP contribution in [-0.4, -0.2) is 24.7 Å². The van der Waals surface area contributed by atoms with Gasteiger partial charge in [0.15, 0.2) is 5.78 Å². The third-order valence-corrected chi connectivity index (χ3v) is 2.89. The molecule has 1 aromatic rings. The second-order valence-electron chi connectivity index (χ2n) is 3.46. The summed E-state index contributed by atoms with van der Waals surface area (Å²) in [6.07, 6.45) is 0.177. The molecular formula is C12H12Cl2O3. The smallest absolute Gasteiger partial charge is 0.337 e. The summed E-state index contributed by atoms with van der Waals surface area (Å²) in [5.41, 5.74) is 1.94. The van der Waals surface area contributed by atoms with E-state index in [4.69, 9.17) is 23.2 Å². The first-order valence-electron chi connectivity index (χ1n) is 4.96. The molecule has 92 valence electrons. The maximum atomic E-state index is 11.4. The van der Waals surface area contributed by atoms with E-state index in [1.807, 2.05) is 0 Å². The standard InChI is InChI=1S/C12H12Cl2O3/c1-17-12(16)8-2-3-9(6-13)10(4-8)5-11(15)7-14/h2-4H,5-7H2,1H3. The highest BCUT2D eigenvalue weighted by molar-refractivity contribution is 6.27. The van der Waals surface area contributed by atoms with Crippen molar-refractivity contribution in [2.45, 2.75) is 12.3 Å². The largest absolute Gasteiger partial charge is 0.465 e. The van der Waals surface area contributed by atoms with E-state index in [0.29, 0.717) is 11.1 Å². The molecule has 0 aliphatic heterocycles. The number of benzene rings is 1. The number of halogens is 2. The molecule has 0 aromatic heterocycles. The molecule has 1 rings (SSSR count). The van der Waals surface area contributed by atoms with Gasteiger partial charge in [-0.05, 0) is 23.3 Å². The van der Waals surface area contributed by atoms with E-state index in [0.717, 1.165) is 5.56 Å². The number of ether oxygens (including phenoxy) is 1. The van der Waals surface area contributed by atoms with Gasteiger partial charge in [-0.2, -0.15) is 0 Å². The van der Waals surface area contributed by atoms with Crippen molar-refractivity contribution < 1.29 is 14.3 Å². The Balaban J connectivity index is 3.06. The Labute approximate surface area is 110 Å². The average Bonchev–Trinajstić information content (AvgIpc) is 2.37. The molecule has 0 heterocycles. The SMILES string of the molecule is COC(=O)c1ccc(CCl)c(CC(=O)CCl)c1. The van der Waals surface area contributed by atoms with Gasteiger partial charge in [-0.25, -0.2) is 4.79 Å². The van der Waals surface area contributed by atoms with E-state index in [1.54, 1.807) is 18.2 Å². The van der Waals surface area contributed by atoms with Gasteiger partial charge in [0.25, 0.3) is 0 Å². The van der Waals surface area contributed by atoms with Crippen LogP contribution >= 0.6 is 23.2 Å². The Kier molecular flexibility index (Phi) is 5.45. The number of carbonyl (C=O) groups is 2. The highest BCUT2D eigenvalue weighted by Gasteiger charge is 2.11. The number of Topliss-reactive ketones (excluding diaryl/α,β-unsaturated/α-hetero) is 1. The lowest BCUT2D eigenvalue weighted by Crippen LogP contribution is -2.08. The molecule has 0 bridgehead atoms. The number of hydrogen-bond acceptors (Lipinski definition) is 3. The molecule has 0 saturated carbocycles. The quantitative estimate of drug-likeness (QED) is 0.612. The molecule has 0 aliphatic carbocycles. The Hall–Kier alpha value is -1.06. The van der Waals surface area contributed by atoms with E-state index in [-0.39, 0.29) is 24.0 Å². The molecule has 1 aromatic carbocycles. The number of ketones is 1. The van der Waals surface area contributed by atoms with Crippen molar-refractivity contribution in [3.8, 4) is 0 Å². The zero-order chi connectivity index (χ0) is 12.8. The zero-order valence-corrected chi connectivity index (χ0v) is 10.8. The number of methoxy groups -OCH3 is 1. The van der Waals surface area contributed by atoms with Crippen molar-refractivity contribution in [3.63, 3.8) is 0 Å². The van der Waals surface area contributed by atoms with Crippen molar-refractivity contribution in [3.05, 3.63) is 34.9 Å². The number of esters is 1. The Bertz CT molecular complexity index is 430. The summed E-state index contributed by atoms with van der Waals surface area (Å²) < 4.78 is 4.61. The summed E-state index contributed by atoms with van der Waals surface area (Å²) in [6, 6.07) is 4.96. The minimum Gasteiger partial charge on any atom is -0.465 e. The summed E-state index contributed by atoms with van der Waals surface area (Å²) in [6.45, 7) is 0. The first kappa shape index (κ1) is 14.0. The molecule has 0 saturated heterocycles. The molecule has 3 nitrogen and oxygen atoms in total. The van der Waals surface area contributed by atoms with Gasteiger partial charge in [0.2, 0.25) is 0 Å². The summed E-state index contributed by atoms with van der Waals surface area (Å²) in [5.74, 6) is -0.318. The Morgan fingerprint density at radius 1 is 1.24 bits per heavy atom. The lowest BCUT2D eigenvalue weighted by atomic mass is 10.0. The van der Waals surface area contributed by atoms with Crippen LogP contribution in [0.5, 0.6) is 0 Å².